The van der Waals surface area contributed by atoms with Gasteiger partial charge in [0.2, 0.25) is 0 Å². The molecular weight excluding hydrogens is 243 g/mol. The van der Waals surface area contributed by atoms with Gasteiger partial charge in [0, 0.05) is 6.04 Å². The summed E-state index contributed by atoms with van der Waals surface area (Å²) >= 11 is 0. The third-order valence-corrected chi connectivity index (χ3v) is 3.60. The number of hydrogen-bond donors (Lipinski definition) is 2. The van der Waals surface area contributed by atoms with E-state index in [1.807, 2.05) is 19.9 Å². The van der Waals surface area contributed by atoms with Crippen LogP contribution < -0.4 is 15.8 Å². The van der Waals surface area contributed by atoms with Crippen LogP contribution in [-0.4, -0.2) is 19.2 Å². The molecule has 1 aliphatic heterocycles. The lowest BCUT2D eigenvalue weighted by Gasteiger charge is -2.28. The second kappa shape index (κ2) is 6.35. The Morgan fingerprint density at radius 1 is 1.32 bits per heavy atom. The molecule has 1 aromatic carbocycles. The number of hydrogen-bond acceptors (Lipinski definition) is 3. The second-order valence-electron chi connectivity index (χ2n) is 5.47. The predicted octanol–water partition coefficient (Wildman–Crippen LogP) is 2.61. The zero-order valence-corrected chi connectivity index (χ0v) is 11.7. The third-order valence-electron chi connectivity index (χ3n) is 3.60. The van der Waals surface area contributed by atoms with Crippen LogP contribution in [0.4, 0.5) is 4.39 Å². The van der Waals surface area contributed by atoms with Crippen LogP contribution >= 0.6 is 0 Å². The van der Waals surface area contributed by atoms with Gasteiger partial charge < -0.3 is 15.8 Å². The number of piperidine rings is 1. The van der Waals surface area contributed by atoms with Crippen molar-refractivity contribution in [2.45, 2.75) is 38.8 Å². The summed E-state index contributed by atoms with van der Waals surface area (Å²) in [6.07, 6.45) is 2.07. The molecule has 0 aromatic heterocycles. The highest BCUT2D eigenvalue weighted by Crippen LogP contribution is 2.29. The van der Waals surface area contributed by atoms with Gasteiger partial charge in [-0.3, -0.25) is 0 Å². The Balaban J connectivity index is 2.09. The van der Waals surface area contributed by atoms with E-state index >= 15 is 0 Å². The van der Waals surface area contributed by atoms with Crippen LogP contribution in [0.15, 0.2) is 18.2 Å². The van der Waals surface area contributed by atoms with Crippen molar-refractivity contribution in [3.05, 3.63) is 29.6 Å². The summed E-state index contributed by atoms with van der Waals surface area (Å²) in [6.45, 7) is 5.76. The molecule has 19 heavy (non-hydrogen) atoms. The molecule has 3 nitrogen and oxygen atoms in total. The van der Waals surface area contributed by atoms with E-state index in [9.17, 15) is 4.39 Å². The third kappa shape index (κ3) is 3.67. The minimum absolute atomic E-state index is 0.0292. The average molecular weight is 266 g/mol. The lowest BCUT2D eigenvalue weighted by atomic mass is 9.86. The molecule has 1 unspecified atom stereocenters. The van der Waals surface area contributed by atoms with E-state index < -0.39 is 0 Å². The Bertz CT molecular complexity index is 417. The topological polar surface area (TPSA) is 47.3 Å². The minimum Gasteiger partial charge on any atom is -0.488 e. The van der Waals surface area contributed by atoms with Crippen LogP contribution in [0, 0.1) is 11.7 Å². The highest BCUT2D eigenvalue weighted by atomic mass is 19.1. The van der Waals surface area contributed by atoms with Crippen molar-refractivity contribution in [3.8, 4) is 5.75 Å². The number of rotatable bonds is 4. The van der Waals surface area contributed by atoms with Gasteiger partial charge in [-0.15, -0.1) is 0 Å². The Morgan fingerprint density at radius 2 is 2.00 bits per heavy atom. The Morgan fingerprint density at radius 3 is 2.58 bits per heavy atom. The first-order valence-corrected chi connectivity index (χ1v) is 7.00. The van der Waals surface area contributed by atoms with Gasteiger partial charge in [0.15, 0.2) is 11.6 Å². The van der Waals surface area contributed by atoms with Gasteiger partial charge in [0.1, 0.15) is 0 Å². The summed E-state index contributed by atoms with van der Waals surface area (Å²) in [5.74, 6) is 0.407. The van der Waals surface area contributed by atoms with Crippen molar-refractivity contribution in [2.24, 2.45) is 11.7 Å². The van der Waals surface area contributed by atoms with Crippen LogP contribution in [0.2, 0.25) is 0 Å². The highest BCUT2D eigenvalue weighted by molar-refractivity contribution is 5.31. The summed E-state index contributed by atoms with van der Waals surface area (Å²) in [7, 11) is 0. The van der Waals surface area contributed by atoms with Gasteiger partial charge in [-0.2, -0.15) is 0 Å². The van der Waals surface area contributed by atoms with Crippen LogP contribution in [0.1, 0.15) is 38.3 Å². The van der Waals surface area contributed by atoms with E-state index in [1.54, 1.807) is 6.07 Å². The first-order valence-electron chi connectivity index (χ1n) is 7.00. The molecule has 1 fully saturated rings. The standard InChI is InChI=1S/C15H23FN2O/c1-10(2)19-14-4-3-12(9-13(14)16)15(17)11-5-7-18-8-6-11/h3-4,9-11,15,18H,5-8,17H2,1-2H3. The Hall–Kier alpha value is -1.13. The molecule has 0 spiro atoms. The molecule has 106 valence electrons. The maximum Gasteiger partial charge on any atom is 0.165 e. The maximum absolute atomic E-state index is 13.9. The predicted molar refractivity (Wildman–Crippen MR) is 74.7 cm³/mol. The van der Waals surface area contributed by atoms with Crippen molar-refractivity contribution in [2.75, 3.05) is 13.1 Å². The summed E-state index contributed by atoms with van der Waals surface area (Å²) < 4.78 is 19.3. The molecule has 1 atom stereocenters. The lowest BCUT2D eigenvalue weighted by molar-refractivity contribution is 0.231. The molecule has 0 radical (unpaired) electrons. The molecule has 0 bridgehead atoms. The molecule has 0 saturated carbocycles. The van der Waals surface area contributed by atoms with Crippen molar-refractivity contribution in [1.29, 1.82) is 0 Å². The van der Waals surface area contributed by atoms with Gasteiger partial charge >= 0.3 is 0 Å². The molecule has 0 aliphatic carbocycles. The number of ether oxygens (including phenoxy) is 1. The summed E-state index contributed by atoms with van der Waals surface area (Å²) in [5, 5.41) is 3.31. The van der Waals surface area contributed by atoms with Gasteiger partial charge in [-0.25, -0.2) is 4.39 Å². The van der Waals surface area contributed by atoms with Crippen LogP contribution in [-0.2, 0) is 0 Å². The van der Waals surface area contributed by atoms with Crippen molar-refractivity contribution >= 4 is 0 Å². The van der Waals surface area contributed by atoms with Gasteiger partial charge in [-0.05, 0) is 63.4 Å². The largest absolute Gasteiger partial charge is 0.488 e. The summed E-state index contributed by atoms with van der Waals surface area (Å²) in [5.41, 5.74) is 7.12. The fraction of sp³-hybridized carbons (Fsp3) is 0.600. The van der Waals surface area contributed by atoms with Crippen molar-refractivity contribution in [3.63, 3.8) is 0 Å². The molecule has 4 heteroatoms. The number of nitrogens with one attached hydrogen (secondary N) is 1. The smallest absolute Gasteiger partial charge is 0.165 e. The average Bonchev–Trinajstić information content (AvgIpc) is 2.41. The zero-order chi connectivity index (χ0) is 13.8. The monoisotopic (exact) mass is 266 g/mol. The molecule has 3 N–H and O–H groups in total. The SMILES string of the molecule is CC(C)Oc1ccc(C(N)C2CCNCC2)cc1F. The quantitative estimate of drug-likeness (QED) is 0.880. The Labute approximate surface area is 114 Å². The number of halogens is 1. The van der Waals surface area contributed by atoms with Crippen LogP contribution in [0.25, 0.3) is 0 Å². The highest BCUT2D eigenvalue weighted by Gasteiger charge is 2.22. The van der Waals surface area contributed by atoms with E-state index in [-0.39, 0.29) is 18.0 Å². The van der Waals surface area contributed by atoms with E-state index in [4.69, 9.17) is 10.5 Å². The van der Waals surface area contributed by atoms with E-state index in [2.05, 4.69) is 5.32 Å². The first kappa shape index (κ1) is 14.3. The normalized spacial score (nSPS) is 18.6. The van der Waals surface area contributed by atoms with E-state index in [1.165, 1.54) is 6.07 Å². The van der Waals surface area contributed by atoms with E-state index in [0.717, 1.165) is 31.5 Å². The minimum atomic E-state index is -0.324. The number of nitrogens with two attached hydrogens (primary N) is 1. The maximum atomic E-state index is 13.9. The Kier molecular flexibility index (Phi) is 4.77. The molecule has 2 rings (SSSR count). The molecular formula is C15H23FN2O. The fourth-order valence-corrected chi connectivity index (χ4v) is 2.55. The van der Waals surface area contributed by atoms with Crippen molar-refractivity contribution in [1.82, 2.24) is 5.32 Å². The van der Waals surface area contributed by atoms with Crippen LogP contribution in [0.3, 0.4) is 0 Å². The van der Waals surface area contributed by atoms with E-state index in [0.29, 0.717) is 11.7 Å². The molecule has 1 aromatic rings. The number of benzene rings is 1. The molecule has 1 aliphatic rings. The second-order valence-corrected chi connectivity index (χ2v) is 5.47. The molecule has 0 amide bonds. The van der Waals surface area contributed by atoms with Gasteiger partial charge in [0.25, 0.3) is 0 Å². The zero-order valence-electron chi connectivity index (χ0n) is 11.7. The van der Waals surface area contributed by atoms with Gasteiger partial charge in [0.05, 0.1) is 6.10 Å². The van der Waals surface area contributed by atoms with Crippen molar-refractivity contribution < 1.29 is 9.13 Å². The summed E-state index contributed by atoms with van der Waals surface area (Å²) in [4.78, 5) is 0. The fourth-order valence-electron chi connectivity index (χ4n) is 2.55. The first-order chi connectivity index (χ1) is 9.08. The summed E-state index contributed by atoms with van der Waals surface area (Å²) in [6, 6.07) is 4.99. The van der Waals surface area contributed by atoms with Gasteiger partial charge in [-0.1, -0.05) is 6.07 Å². The molecule has 1 heterocycles. The lowest BCUT2D eigenvalue weighted by Crippen LogP contribution is -2.33. The molecule has 1 saturated heterocycles. The van der Waals surface area contributed by atoms with Crippen LogP contribution in [0.5, 0.6) is 5.75 Å².